The SMILES string of the molecule is CC(C)C(NC(=O)C(CCCN=C(N)N)NC(=O)C(CS)NC(=O)C(CCCCN)NC(=O)C(CCCCN)NC(=O)C(N)CCC(=O)O)C(=O)NC(Cc1c[nH]c2ccccc12)C(=O)O. The van der Waals surface area contributed by atoms with Crippen molar-refractivity contribution < 1.29 is 48.6 Å². The summed E-state index contributed by atoms with van der Waals surface area (Å²) < 4.78 is 0. The zero-order valence-electron chi connectivity index (χ0n) is 37.6. The Hall–Kier alpha value is -5.98. The van der Waals surface area contributed by atoms with Gasteiger partial charge in [0.25, 0.3) is 0 Å². The van der Waals surface area contributed by atoms with Gasteiger partial charge in [0.15, 0.2) is 5.96 Å². The minimum absolute atomic E-state index is 0.0403. The first-order chi connectivity index (χ1) is 31.3. The predicted molar refractivity (Wildman–Crippen MR) is 250 cm³/mol. The molecule has 0 spiro atoms. The van der Waals surface area contributed by atoms with E-state index in [-0.39, 0.29) is 69.7 Å². The molecule has 0 radical (unpaired) electrons. The van der Waals surface area contributed by atoms with Crippen LogP contribution in [0.5, 0.6) is 0 Å². The molecule has 7 atom stereocenters. The largest absolute Gasteiger partial charge is 0.481 e. The molecular weight excluding hydrogens is 879 g/mol. The highest BCUT2D eigenvalue weighted by Crippen LogP contribution is 2.19. The van der Waals surface area contributed by atoms with Gasteiger partial charge in [-0.2, -0.15) is 12.6 Å². The number of aliphatic carboxylic acids is 2. The number of fused-ring (bicyclic) bond motifs is 1. The lowest BCUT2D eigenvalue weighted by atomic mass is 10.00. The number of benzene rings is 1. The lowest BCUT2D eigenvalue weighted by Gasteiger charge is -2.28. The Morgan fingerprint density at radius 1 is 0.667 bits per heavy atom. The second kappa shape index (κ2) is 29.5. The van der Waals surface area contributed by atoms with Crippen LogP contribution in [0.25, 0.3) is 10.9 Å². The highest BCUT2D eigenvalue weighted by molar-refractivity contribution is 7.80. The summed E-state index contributed by atoms with van der Waals surface area (Å²) in [5, 5.41) is 35.4. The summed E-state index contributed by atoms with van der Waals surface area (Å²) in [6, 6.07) is -1.62. The lowest BCUT2D eigenvalue weighted by Crippen LogP contribution is -2.60. The Morgan fingerprint density at radius 3 is 1.68 bits per heavy atom. The maximum Gasteiger partial charge on any atom is 0.326 e. The van der Waals surface area contributed by atoms with E-state index in [1.807, 2.05) is 18.2 Å². The number of thiol groups is 1. The fourth-order valence-electron chi connectivity index (χ4n) is 6.77. The zero-order valence-corrected chi connectivity index (χ0v) is 38.4. The summed E-state index contributed by atoms with van der Waals surface area (Å²) in [5.41, 5.74) is 29.6. The van der Waals surface area contributed by atoms with Crippen LogP contribution in [-0.2, 0) is 44.8 Å². The molecule has 0 bridgehead atoms. The Morgan fingerprint density at radius 2 is 1.17 bits per heavy atom. The molecule has 2 rings (SSSR count). The van der Waals surface area contributed by atoms with E-state index >= 15 is 0 Å². The van der Waals surface area contributed by atoms with E-state index < -0.39 is 95.6 Å². The van der Waals surface area contributed by atoms with Crippen LogP contribution < -0.4 is 60.6 Å². The molecule has 2 aromatic rings. The molecular formula is C42H69N13O10S. The molecule has 1 heterocycles. The van der Waals surface area contributed by atoms with Crippen molar-refractivity contribution in [1.82, 2.24) is 36.9 Å². The van der Waals surface area contributed by atoms with E-state index in [9.17, 15) is 43.5 Å². The van der Waals surface area contributed by atoms with Gasteiger partial charge in [-0.3, -0.25) is 38.6 Å². The maximum atomic E-state index is 14.0. The van der Waals surface area contributed by atoms with Gasteiger partial charge in [0.2, 0.25) is 35.4 Å². The topological polar surface area (TPSA) is 407 Å². The molecule has 6 amide bonds. The number of carboxylic acid groups (broad SMARTS) is 2. The van der Waals surface area contributed by atoms with Gasteiger partial charge in [-0.05, 0) is 88.4 Å². The van der Waals surface area contributed by atoms with Crippen molar-refractivity contribution in [2.45, 2.75) is 127 Å². The number of amides is 6. The van der Waals surface area contributed by atoms with Gasteiger partial charge in [0.05, 0.1) is 6.04 Å². The molecule has 1 aromatic carbocycles. The number of hydrogen-bond acceptors (Lipinski definition) is 13. The summed E-state index contributed by atoms with van der Waals surface area (Å²) in [6.07, 6.45) is 3.20. The van der Waals surface area contributed by atoms with Crippen molar-refractivity contribution in [1.29, 1.82) is 0 Å². The molecule has 23 nitrogen and oxygen atoms in total. The van der Waals surface area contributed by atoms with E-state index in [2.05, 4.69) is 54.5 Å². The number of aliphatic imine (C=N–C) groups is 1. The minimum atomic E-state index is -1.36. The van der Waals surface area contributed by atoms with Gasteiger partial charge < -0.3 is 75.8 Å². The fourth-order valence-corrected chi connectivity index (χ4v) is 7.02. The Bertz CT molecular complexity index is 1960. The van der Waals surface area contributed by atoms with Crippen molar-refractivity contribution in [2.75, 3.05) is 25.4 Å². The number of nitrogens with zero attached hydrogens (tertiary/aromatic N) is 1. The summed E-state index contributed by atoms with van der Waals surface area (Å²) >= 11 is 4.28. The minimum Gasteiger partial charge on any atom is -0.481 e. The molecule has 19 N–H and O–H groups in total. The Balaban J connectivity index is 2.29. The van der Waals surface area contributed by atoms with E-state index in [1.54, 1.807) is 26.1 Å². The van der Waals surface area contributed by atoms with E-state index in [0.29, 0.717) is 37.8 Å². The number of hydrogen-bond donors (Lipinski definition) is 15. The summed E-state index contributed by atoms with van der Waals surface area (Å²) in [5.74, 6) is -8.16. The molecule has 0 aliphatic carbocycles. The monoisotopic (exact) mass is 948 g/mol. The van der Waals surface area contributed by atoms with E-state index in [1.165, 1.54) is 0 Å². The van der Waals surface area contributed by atoms with Crippen molar-refractivity contribution in [3.63, 3.8) is 0 Å². The van der Waals surface area contributed by atoms with Crippen molar-refractivity contribution >= 4 is 76.9 Å². The second-order valence-electron chi connectivity index (χ2n) is 16.2. The summed E-state index contributed by atoms with van der Waals surface area (Å²) in [6.45, 7) is 3.96. The van der Waals surface area contributed by atoms with Crippen LogP contribution in [0, 0.1) is 5.92 Å². The molecule has 7 unspecified atom stereocenters. The molecule has 0 fully saturated rings. The van der Waals surface area contributed by atoms with Crippen LogP contribution in [0.1, 0.15) is 83.6 Å². The molecule has 66 heavy (non-hydrogen) atoms. The van der Waals surface area contributed by atoms with Crippen LogP contribution in [0.2, 0.25) is 0 Å². The van der Waals surface area contributed by atoms with Crippen molar-refractivity contribution in [3.8, 4) is 0 Å². The molecule has 0 aliphatic rings. The summed E-state index contributed by atoms with van der Waals surface area (Å²) in [7, 11) is 0. The van der Waals surface area contributed by atoms with Crippen LogP contribution >= 0.6 is 12.6 Å². The van der Waals surface area contributed by atoms with E-state index in [0.717, 1.165) is 10.9 Å². The Kier molecular flexibility index (Phi) is 25.1. The molecule has 0 aliphatic heterocycles. The fraction of sp³-hybridized carbons (Fsp3) is 0.595. The number of H-pyrrole nitrogens is 1. The second-order valence-corrected chi connectivity index (χ2v) is 16.5. The van der Waals surface area contributed by atoms with Gasteiger partial charge in [-0.1, -0.05) is 32.0 Å². The molecule has 368 valence electrons. The standard InChI is InChI=1S/C42H69N13O10S/c1-23(2)34(40(63)53-31(41(64)65)20-24-21-49-27-11-4-3-10-25(24)27)55-38(61)30(14-9-19-48-42(46)47)52-39(62)32(22-66)54-37(60)29(13-6-8-18-44)51-36(59)28(12-5-7-17-43)50-35(58)26(45)15-16-33(56)57/h3-4,10-11,21,23,26,28-32,34,49,66H,5-9,12-20,22,43-45H2,1-2H3,(H,50,58)(H,51,59)(H,52,62)(H,53,63)(H,54,60)(H,55,61)(H,56,57)(H,64,65)(H4,46,47,48). The van der Waals surface area contributed by atoms with Crippen LogP contribution in [-0.4, -0.2) is 136 Å². The number of carbonyl (C=O) groups excluding carboxylic acids is 6. The highest BCUT2D eigenvalue weighted by Gasteiger charge is 2.34. The number of nitrogens with two attached hydrogens (primary N) is 5. The third-order valence-corrected chi connectivity index (χ3v) is 10.9. The Labute approximate surface area is 389 Å². The smallest absolute Gasteiger partial charge is 0.326 e. The van der Waals surface area contributed by atoms with Crippen LogP contribution in [0.4, 0.5) is 0 Å². The van der Waals surface area contributed by atoms with E-state index in [4.69, 9.17) is 33.8 Å². The number of aromatic amines is 1. The molecule has 0 saturated heterocycles. The van der Waals surface area contributed by atoms with Gasteiger partial charge in [-0.15, -0.1) is 0 Å². The zero-order chi connectivity index (χ0) is 49.3. The molecule has 24 heteroatoms. The van der Waals surface area contributed by atoms with Crippen LogP contribution in [0.15, 0.2) is 35.5 Å². The number of nitrogens with one attached hydrogen (secondary N) is 7. The van der Waals surface area contributed by atoms with Crippen molar-refractivity contribution in [3.05, 3.63) is 36.0 Å². The lowest BCUT2D eigenvalue weighted by molar-refractivity contribution is -0.142. The third-order valence-electron chi connectivity index (χ3n) is 10.5. The number of aromatic nitrogens is 1. The normalized spacial score (nSPS) is 14.3. The van der Waals surface area contributed by atoms with Crippen molar-refractivity contribution in [2.24, 2.45) is 39.6 Å². The quantitative estimate of drug-likeness (QED) is 0.0160. The predicted octanol–water partition coefficient (Wildman–Crippen LogP) is -2.21. The van der Waals surface area contributed by atoms with Gasteiger partial charge in [0.1, 0.15) is 36.3 Å². The average molecular weight is 948 g/mol. The number of unbranched alkanes of at least 4 members (excludes halogenated alkanes) is 2. The number of carbonyl (C=O) groups is 8. The number of para-hydroxylation sites is 1. The average Bonchev–Trinajstić information content (AvgIpc) is 3.68. The van der Waals surface area contributed by atoms with Crippen LogP contribution in [0.3, 0.4) is 0 Å². The molecule has 0 saturated carbocycles. The third kappa shape index (κ3) is 19.6. The number of carboxylic acids is 2. The number of guanidine groups is 1. The first-order valence-corrected chi connectivity index (χ1v) is 22.6. The van der Waals surface area contributed by atoms with Gasteiger partial charge >= 0.3 is 11.9 Å². The maximum absolute atomic E-state index is 14.0. The van der Waals surface area contributed by atoms with Gasteiger partial charge in [-0.25, -0.2) is 4.79 Å². The molecule has 1 aromatic heterocycles. The number of rotatable bonds is 32. The van der Waals surface area contributed by atoms with Gasteiger partial charge in [0, 0.05) is 42.2 Å². The summed E-state index contributed by atoms with van der Waals surface area (Å²) in [4.78, 5) is 112. The highest BCUT2D eigenvalue weighted by atomic mass is 32.1. The first-order valence-electron chi connectivity index (χ1n) is 22.0. The first kappa shape index (κ1) is 56.2.